The predicted molar refractivity (Wildman–Crippen MR) is 109 cm³/mol. The monoisotopic (exact) mass is 394 g/mol. The normalized spacial score (nSPS) is 22.5. The molecule has 2 aliphatic rings. The first-order valence-corrected chi connectivity index (χ1v) is 10.4. The van der Waals surface area contributed by atoms with Crippen LogP contribution in [0.4, 0.5) is 11.4 Å². The number of rotatable bonds is 2. The van der Waals surface area contributed by atoms with Crippen molar-refractivity contribution in [1.29, 1.82) is 0 Å². The minimum Gasteiger partial charge on any atom is -0.393 e. The lowest BCUT2D eigenvalue weighted by molar-refractivity contribution is 0.00206. The summed E-state index contributed by atoms with van der Waals surface area (Å²) in [5.74, 6) is 0. The van der Waals surface area contributed by atoms with E-state index in [-0.39, 0.29) is 6.10 Å². The fraction of sp³-hybridized carbons (Fsp3) is 0.714. The van der Waals surface area contributed by atoms with E-state index in [4.69, 9.17) is 18.9 Å². The lowest BCUT2D eigenvalue weighted by atomic mass is 10.1. The van der Waals surface area contributed by atoms with Crippen LogP contribution in [0.2, 0.25) is 0 Å². The Hall–Kier alpha value is -1.38. The highest BCUT2D eigenvalue weighted by molar-refractivity contribution is 5.56. The van der Waals surface area contributed by atoms with E-state index in [0.29, 0.717) is 52.9 Å². The molecule has 0 unspecified atom stereocenters. The first-order chi connectivity index (χ1) is 13.8. The van der Waals surface area contributed by atoms with E-state index in [9.17, 15) is 5.11 Å². The van der Waals surface area contributed by atoms with Crippen molar-refractivity contribution in [3.8, 4) is 0 Å². The summed E-state index contributed by atoms with van der Waals surface area (Å²) in [6.07, 6.45) is 1.54. The minimum atomic E-state index is -0.147. The van der Waals surface area contributed by atoms with Gasteiger partial charge in [0.15, 0.2) is 0 Å². The van der Waals surface area contributed by atoms with Crippen molar-refractivity contribution >= 4 is 11.4 Å². The van der Waals surface area contributed by atoms with Gasteiger partial charge in [-0.15, -0.1) is 0 Å². The van der Waals surface area contributed by atoms with E-state index < -0.39 is 0 Å². The number of benzene rings is 1. The number of hydrogen-bond acceptors (Lipinski definition) is 7. The van der Waals surface area contributed by atoms with Gasteiger partial charge in [-0.3, -0.25) is 0 Å². The highest BCUT2D eigenvalue weighted by Gasteiger charge is 2.17. The van der Waals surface area contributed by atoms with Crippen molar-refractivity contribution in [3.63, 3.8) is 0 Å². The van der Waals surface area contributed by atoms with Gasteiger partial charge in [-0.2, -0.15) is 0 Å². The van der Waals surface area contributed by atoms with Gasteiger partial charge in [-0.05, 0) is 37.1 Å². The SMILES string of the molecule is OC1CCN(c2ccc(N3CCOCCOCCOCCOCC3)cc2)CC1. The van der Waals surface area contributed by atoms with Gasteiger partial charge in [0, 0.05) is 37.6 Å². The third-order valence-corrected chi connectivity index (χ3v) is 5.17. The number of nitrogens with zero attached hydrogens (tertiary/aromatic N) is 2. The summed E-state index contributed by atoms with van der Waals surface area (Å²) in [7, 11) is 0. The Morgan fingerprint density at radius 2 is 0.929 bits per heavy atom. The average Bonchev–Trinajstić information content (AvgIpc) is 2.74. The minimum absolute atomic E-state index is 0.147. The maximum atomic E-state index is 9.69. The maximum Gasteiger partial charge on any atom is 0.0701 e. The van der Waals surface area contributed by atoms with Crippen LogP contribution in [0.15, 0.2) is 24.3 Å². The second-order valence-electron chi connectivity index (χ2n) is 7.17. The summed E-state index contributed by atoms with van der Waals surface area (Å²) < 4.78 is 22.4. The van der Waals surface area contributed by atoms with E-state index in [2.05, 4.69) is 34.1 Å². The van der Waals surface area contributed by atoms with Crippen LogP contribution in [0, 0.1) is 0 Å². The molecule has 0 radical (unpaired) electrons. The van der Waals surface area contributed by atoms with Crippen molar-refractivity contribution in [2.75, 3.05) is 88.8 Å². The van der Waals surface area contributed by atoms with Crippen molar-refractivity contribution in [3.05, 3.63) is 24.3 Å². The summed E-state index contributed by atoms with van der Waals surface area (Å²) in [4.78, 5) is 4.64. The second-order valence-corrected chi connectivity index (χ2v) is 7.17. The van der Waals surface area contributed by atoms with E-state index in [0.717, 1.165) is 39.0 Å². The number of hydrogen-bond donors (Lipinski definition) is 1. The van der Waals surface area contributed by atoms with Crippen molar-refractivity contribution in [2.24, 2.45) is 0 Å². The molecule has 1 aromatic rings. The molecule has 0 bridgehead atoms. The molecule has 3 rings (SSSR count). The van der Waals surface area contributed by atoms with Crippen LogP contribution in [0.5, 0.6) is 0 Å². The topological polar surface area (TPSA) is 63.6 Å². The fourth-order valence-corrected chi connectivity index (χ4v) is 3.48. The molecule has 0 atom stereocenters. The fourth-order valence-electron chi connectivity index (χ4n) is 3.48. The van der Waals surface area contributed by atoms with Gasteiger partial charge in [0.25, 0.3) is 0 Å². The highest BCUT2D eigenvalue weighted by Crippen LogP contribution is 2.23. The zero-order valence-corrected chi connectivity index (χ0v) is 16.8. The number of aliphatic hydroxyl groups is 1. The number of aliphatic hydroxyl groups excluding tert-OH is 1. The summed E-state index contributed by atoms with van der Waals surface area (Å²) in [5, 5.41) is 9.69. The Labute approximate surface area is 168 Å². The Balaban J connectivity index is 1.54. The molecule has 2 heterocycles. The second kappa shape index (κ2) is 12.2. The lowest BCUT2D eigenvalue weighted by Crippen LogP contribution is -2.35. The number of piperidine rings is 1. The van der Waals surface area contributed by atoms with Gasteiger partial charge in [0.1, 0.15) is 0 Å². The van der Waals surface area contributed by atoms with Crippen LogP contribution in [0.25, 0.3) is 0 Å². The summed E-state index contributed by atoms with van der Waals surface area (Å²) in [5.41, 5.74) is 2.39. The summed E-state index contributed by atoms with van der Waals surface area (Å²) in [6.45, 7) is 8.36. The van der Waals surface area contributed by atoms with Gasteiger partial charge in [0.05, 0.1) is 59.0 Å². The molecule has 7 nitrogen and oxygen atoms in total. The molecule has 2 aliphatic heterocycles. The van der Waals surface area contributed by atoms with E-state index in [1.165, 1.54) is 11.4 Å². The molecular formula is C21H34N2O5. The molecule has 0 spiro atoms. The zero-order chi connectivity index (χ0) is 19.4. The quantitative estimate of drug-likeness (QED) is 0.816. The van der Waals surface area contributed by atoms with Gasteiger partial charge >= 0.3 is 0 Å². The Morgan fingerprint density at radius 1 is 0.571 bits per heavy atom. The third-order valence-electron chi connectivity index (χ3n) is 5.17. The first kappa shape index (κ1) is 21.3. The molecule has 0 aliphatic carbocycles. The van der Waals surface area contributed by atoms with Gasteiger partial charge in [-0.1, -0.05) is 0 Å². The van der Waals surface area contributed by atoms with Crippen molar-refractivity contribution in [2.45, 2.75) is 18.9 Å². The largest absolute Gasteiger partial charge is 0.393 e. The maximum absolute atomic E-state index is 9.69. The van der Waals surface area contributed by atoms with Crippen molar-refractivity contribution in [1.82, 2.24) is 0 Å². The van der Waals surface area contributed by atoms with Crippen LogP contribution in [0.3, 0.4) is 0 Å². The molecule has 158 valence electrons. The molecule has 0 aromatic heterocycles. The van der Waals surface area contributed by atoms with Gasteiger partial charge in [0.2, 0.25) is 0 Å². The molecule has 0 saturated carbocycles. The van der Waals surface area contributed by atoms with Crippen LogP contribution in [-0.4, -0.2) is 90.2 Å². The standard InChI is InChI=1S/C21H34N2O5/c24-21-5-7-22(8-6-21)19-1-3-20(4-2-19)23-9-11-25-13-15-27-17-18-28-16-14-26-12-10-23/h1-4,21,24H,5-18H2. The van der Waals surface area contributed by atoms with E-state index in [1.807, 2.05) is 0 Å². The Kier molecular flexibility index (Phi) is 9.32. The average molecular weight is 395 g/mol. The first-order valence-electron chi connectivity index (χ1n) is 10.4. The highest BCUT2D eigenvalue weighted by atomic mass is 16.6. The van der Waals surface area contributed by atoms with Crippen LogP contribution < -0.4 is 9.80 Å². The molecular weight excluding hydrogens is 360 g/mol. The summed E-state index contributed by atoms with van der Waals surface area (Å²) in [6, 6.07) is 8.68. The molecule has 2 fully saturated rings. The van der Waals surface area contributed by atoms with Crippen LogP contribution >= 0.6 is 0 Å². The van der Waals surface area contributed by atoms with Crippen LogP contribution in [0.1, 0.15) is 12.8 Å². The molecule has 28 heavy (non-hydrogen) atoms. The van der Waals surface area contributed by atoms with Gasteiger partial charge < -0.3 is 33.9 Å². The smallest absolute Gasteiger partial charge is 0.0701 e. The predicted octanol–water partition coefficient (Wildman–Crippen LogP) is 1.53. The zero-order valence-electron chi connectivity index (χ0n) is 16.8. The van der Waals surface area contributed by atoms with Crippen LogP contribution in [-0.2, 0) is 18.9 Å². The lowest BCUT2D eigenvalue weighted by Gasteiger charge is -2.32. The number of ether oxygens (including phenoxy) is 4. The number of anilines is 2. The third kappa shape index (κ3) is 7.22. The molecule has 7 heteroatoms. The molecule has 1 N–H and O–H groups in total. The van der Waals surface area contributed by atoms with E-state index in [1.54, 1.807) is 0 Å². The molecule has 2 saturated heterocycles. The molecule has 0 amide bonds. The molecule has 1 aromatic carbocycles. The Morgan fingerprint density at radius 3 is 1.36 bits per heavy atom. The summed E-state index contributed by atoms with van der Waals surface area (Å²) >= 11 is 0. The van der Waals surface area contributed by atoms with Gasteiger partial charge in [-0.25, -0.2) is 0 Å². The van der Waals surface area contributed by atoms with Crippen molar-refractivity contribution < 1.29 is 24.1 Å². The Bertz CT molecular complexity index is 518. The van der Waals surface area contributed by atoms with E-state index >= 15 is 0 Å².